The fourth-order valence-corrected chi connectivity index (χ4v) is 3.33. The third-order valence-corrected chi connectivity index (χ3v) is 5.05. The lowest BCUT2D eigenvalue weighted by atomic mass is 10.1. The average Bonchev–Trinajstić information content (AvgIpc) is 3.20. The van der Waals surface area contributed by atoms with Crippen molar-refractivity contribution in [2.24, 2.45) is 0 Å². The summed E-state index contributed by atoms with van der Waals surface area (Å²) in [6.07, 6.45) is 0. The van der Waals surface area contributed by atoms with E-state index in [1.807, 2.05) is 42.5 Å². The molecular weight excluding hydrogens is 410 g/mol. The van der Waals surface area contributed by atoms with Crippen molar-refractivity contribution in [3.05, 3.63) is 77.6 Å². The van der Waals surface area contributed by atoms with E-state index < -0.39 is 0 Å². The van der Waals surface area contributed by atoms with E-state index in [0.717, 1.165) is 16.5 Å². The van der Waals surface area contributed by atoms with Crippen LogP contribution in [0.1, 0.15) is 5.89 Å². The van der Waals surface area contributed by atoms with Crippen molar-refractivity contribution >= 4 is 45.7 Å². The third kappa shape index (κ3) is 5.28. The van der Waals surface area contributed by atoms with Crippen molar-refractivity contribution in [1.29, 1.82) is 0 Å². The molecule has 4 aromatic rings. The van der Waals surface area contributed by atoms with Gasteiger partial charge in [0.05, 0.1) is 5.75 Å². The van der Waals surface area contributed by atoms with Gasteiger partial charge in [-0.25, -0.2) is 0 Å². The minimum absolute atomic E-state index is 0.137. The van der Waals surface area contributed by atoms with Crippen molar-refractivity contribution in [3.63, 3.8) is 0 Å². The van der Waals surface area contributed by atoms with Crippen LogP contribution in [-0.4, -0.2) is 21.9 Å². The summed E-state index contributed by atoms with van der Waals surface area (Å²) in [5, 5.41) is 13.9. The molecule has 0 aliphatic rings. The number of amides is 1. The molecule has 0 aliphatic carbocycles. The summed E-state index contributed by atoms with van der Waals surface area (Å²) < 4.78 is 11.1. The van der Waals surface area contributed by atoms with Crippen LogP contribution < -0.4 is 10.1 Å². The van der Waals surface area contributed by atoms with E-state index in [4.69, 9.17) is 20.8 Å². The van der Waals surface area contributed by atoms with Gasteiger partial charge in [0.1, 0.15) is 5.75 Å². The number of carbonyl (C=O) groups is 1. The summed E-state index contributed by atoms with van der Waals surface area (Å²) in [6.45, 7) is 0.137. The smallest absolute Gasteiger partial charge is 0.277 e. The summed E-state index contributed by atoms with van der Waals surface area (Å²) in [5.74, 6) is 0.989. The zero-order valence-corrected chi connectivity index (χ0v) is 16.7. The number of thioether (sulfide) groups is 1. The number of nitrogens with zero attached hydrogens (tertiary/aromatic N) is 2. The summed E-state index contributed by atoms with van der Waals surface area (Å²) in [5.41, 5.74) is 0.747. The number of benzene rings is 3. The molecule has 1 heterocycles. The molecule has 146 valence electrons. The molecular formula is C21H16ClN3O3S. The van der Waals surface area contributed by atoms with Gasteiger partial charge < -0.3 is 14.5 Å². The number of carbonyl (C=O) groups excluding carboxylic acids is 1. The minimum atomic E-state index is -0.151. The standard InChI is InChI=1S/C21H16ClN3O3S/c22-16-6-9-18(10-7-16)27-12-20-24-25-21(28-20)29-13-19(26)23-17-8-5-14-3-1-2-4-15(14)11-17/h1-11H,12-13H2,(H,23,26). The largest absolute Gasteiger partial charge is 0.484 e. The second kappa shape index (κ2) is 8.98. The number of rotatable bonds is 7. The lowest BCUT2D eigenvalue weighted by Crippen LogP contribution is -2.13. The Morgan fingerprint density at radius 1 is 1.03 bits per heavy atom. The van der Waals surface area contributed by atoms with E-state index in [1.54, 1.807) is 24.3 Å². The maximum atomic E-state index is 12.2. The zero-order chi connectivity index (χ0) is 20.1. The maximum absolute atomic E-state index is 12.2. The van der Waals surface area contributed by atoms with Crippen LogP contribution in [0.5, 0.6) is 5.75 Å². The molecule has 0 saturated heterocycles. The molecule has 1 amide bonds. The van der Waals surface area contributed by atoms with Gasteiger partial charge >= 0.3 is 0 Å². The van der Waals surface area contributed by atoms with Crippen LogP contribution >= 0.6 is 23.4 Å². The highest BCUT2D eigenvalue weighted by Crippen LogP contribution is 2.21. The predicted molar refractivity (Wildman–Crippen MR) is 113 cm³/mol. The fourth-order valence-electron chi connectivity index (χ4n) is 2.62. The molecule has 0 aliphatic heterocycles. The molecule has 0 fully saturated rings. The van der Waals surface area contributed by atoms with E-state index in [-0.39, 0.29) is 18.3 Å². The van der Waals surface area contributed by atoms with Gasteiger partial charge in [-0.3, -0.25) is 4.79 Å². The molecule has 0 unspecified atom stereocenters. The van der Waals surface area contributed by atoms with E-state index in [1.165, 1.54) is 11.8 Å². The lowest BCUT2D eigenvalue weighted by molar-refractivity contribution is -0.113. The highest BCUT2D eigenvalue weighted by molar-refractivity contribution is 7.99. The average molecular weight is 426 g/mol. The first-order valence-electron chi connectivity index (χ1n) is 8.78. The quantitative estimate of drug-likeness (QED) is 0.411. The highest BCUT2D eigenvalue weighted by Gasteiger charge is 2.11. The number of anilines is 1. The predicted octanol–water partition coefficient (Wildman–Crippen LogP) is 5.19. The molecule has 1 N–H and O–H groups in total. The monoisotopic (exact) mass is 425 g/mol. The van der Waals surface area contributed by atoms with Crippen LogP contribution in [-0.2, 0) is 11.4 Å². The molecule has 6 nitrogen and oxygen atoms in total. The summed E-state index contributed by atoms with van der Waals surface area (Å²) in [4.78, 5) is 12.2. The number of ether oxygens (including phenoxy) is 1. The Morgan fingerprint density at radius 2 is 1.83 bits per heavy atom. The van der Waals surface area contributed by atoms with Crippen molar-refractivity contribution in [2.75, 3.05) is 11.1 Å². The topological polar surface area (TPSA) is 77.2 Å². The summed E-state index contributed by atoms with van der Waals surface area (Å²) in [6, 6.07) is 20.8. The van der Waals surface area contributed by atoms with Gasteiger partial charge in [0, 0.05) is 10.7 Å². The number of aromatic nitrogens is 2. The molecule has 0 spiro atoms. The van der Waals surface area contributed by atoms with Gasteiger partial charge in [-0.15, -0.1) is 10.2 Å². The van der Waals surface area contributed by atoms with Crippen molar-refractivity contribution < 1.29 is 13.9 Å². The highest BCUT2D eigenvalue weighted by atomic mass is 35.5. The summed E-state index contributed by atoms with van der Waals surface area (Å²) in [7, 11) is 0. The number of hydrogen-bond acceptors (Lipinski definition) is 6. The molecule has 0 atom stereocenters. The molecule has 1 aromatic heterocycles. The van der Waals surface area contributed by atoms with Gasteiger partial charge in [0.25, 0.3) is 11.1 Å². The van der Waals surface area contributed by atoms with Crippen LogP contribution in [0.25, 0.3) is 10.8 Å². The van der Waals surface area contributed by atoms with Crippen molar-refractivity contribution in [3.8, 4) is 5.75 Å². The first-order chi connectivity index (χ1) is 14.2. The van der Waals surface area contributed by atoms with Gasteiger partial charge in [0.2, 0.25) is 5.91 Å². The Morgan fingerprint density at radius 3 is 2.66 bits per heavy atom. The van der Waals surface area contributed by atoms with Crippen molar-refractivity contribution in [1.82, 2.24) is 10.2 Å². The molecule has 8 heteroatoms. The van der Waals surface area contributed by atoms with Gasteiger partial charge in [0.15, 0.2) is 6.61 Å². The Balaban J connectivity index is 1.27. The van der Waals surface area contributed by atoms with Crippen LogP contribution in [0.2, 0.25) is 5.02 Å². The number of hydrogen-bond donors (Lipinski definition) is 1. The number of halogens is 1. The molecule has 3 aromatic carbocycles. The Labute approximate surface area is 176 Å². The van der Waals surface area contributed by atoms with Gasteiger partial charge in [-0.1, -0.05) is 53.7 Å². The van der Waals surface area contributed by atoms with Crippen LogP contribution in [0.3, 0.4) is 0 Å². The fraction of sp³-hybridized carbons (Fsp3) is 0.0952. The molecule has 4 rings (SSSR count). The van der Waals surface area contributed by atoms with E-state index >= 15 is 0 Å². The van der Waals surface area contributed by atoms with Crippen LogP contribution in [0.15, 0.2) is 76.4 Å². The van der Waals surface area contributed by atoms with Crippen LogP contribution in [0.4, 0.5) is 5.69 Å². The first-order valence-corrected chi connectivity index (χ1v) is 10.1. The van der Waals surface area contributed by atoms with E-state index in [9.17, 15) is 4.79 Å². The van der Waals surface area contributed by atoms with E-state index in [2.05, 4.69) is 15.5 Å². The van der Waals surface area contributed by atoms with Gasteiger partial charge in [-0.2, -0.15) is 0 Å². The van der Waals surface area contributed by atoms with Crippen molar-refractivity contribution in [2.45, 2.75) is 11.8 Å². The second-order valence-corrected chi connectivity index (χ2v) is 7.47. The molecule has 0 radical (unpaired) electrons. The Hall–Kier alpha value is -3.03. The second-order valence-electron chi connectivity index (χ2n) is 6.10. The minimum Gasteiger partial charge on any atom is -0.484 e. The normalized spacial score (nSPS) is 10.8. The molecule has 29 heavy (non-hydrogen) atoms. The van der Waals surface area contributed by atoms with Crippen LogP contribution in [0, 0.1) is 0 Å². The van der Waals surface area contributed by atoms with Gasteiger partial charge in [-0.05, 0) is 47.2 Å². The zero-order valence-electron chi connectivity index (χ0n) is 15.2. The Kier molecular flexibility index (Phi) is 5.97. The summed E-state index contributed by atoms with van der Waals surface area (Å²) >= 11 is 7.01. The van der Waals surface area contributed by atoms with E-state index in [0.29, 0.717) is 21.9 Å². The number of nitrogens with one attached hydrogen (secondary N) is 1. The molecule has 0 bridgehead atoms. The SMILES string of the molecule is O=C(CSc1nnc(COc2ccc(Cl)cc2)o1)Nc1ccc2ccccc2c1. The number of fused-ring (bicyclic) bond motifs is 1. The lowest BCUT2D eigenvalue weighted by Gasteiger charge is -2.05. The third-order valence-electron chi connectivity index (χ3n) is 3.98. The first kappa shape index (κ1) is 19.3. The molecule has 0 saturated carbocycles. The maximum Gasteiger partial charge on any atom is 0.277 e. The Bertz CT molecular complexity index is 1130.